The Balaban J connectivity index is 1.60. The van der Waals surface area contributed by atoms with Gasteiger partial charge < -0.3 is 9.80 Å². The second kappa shape index (κ2) is 8.45. The van der Waals surface area contributed by atoms with Gasteiger partial charge in [0.25, 0.3) is 5.91 Å². The lowest BCUT2D eigenvalue weighted by atomic mass is 9.94. The molecule has 0 N–H and O–H groups in total. The van der Waals surface area contributed by atoms with Crippen molar-refractivity contribution >= 4 is 17.5 Å². The first-order valence-electron chi connectivity index (χ1n) is 9.49. The van der Waals surface area contributed by atoms with Crippen molar-refractivity contribution in [3.63, 3.8) is 0 Å². The fraction of sp³-hybridized carbons (Fsp3) is 0.579. The van der Waals surface area contributed by atoms with Gasteiger partial charge in [-0.05, 0) is 37.8 Å². The highest BCUT2D eigenvalue weighted by atomic mass is 19.1. The number of nitrogens with zero attached hydrogens (tertiary/aromatic N) is 3. The second-order valence-electron chi connectivity index (χ2n) is 7.23. The zero-order chi connectivity index (χ0) is 19.4. The van der Waals surface area contributed by atoms with Crippen LogP contribution in [0.5, 0.6) is 0 Å². The maximum absolute atomic E-state index is 13.5. The minimum atomic E-state index is -0.960. The molecule has 0 bridgehead atoms. The van der Waals surface area contributed by atoms with E-state index in [1.165, 1.54) is 18.9 Å². The standard InChI is InChI=1S/C19H24FN3O4/c20-16-6-5-15(13-17(16)23(26)27)19(25)22-11-7-14(8-12-22)18(24)21-9-3-1-2-4-10-21/h5-6,13-14H,1-4,7-12H2. The van der Waals surface area contributed by atoms with Crippen LogP contribution >= 0.6 is 0 Å². The maximum Gasteiger partial charge on any atom is 0.305 e. The van der Waals surface area contributed by atoms with E-state index in [-0.39, 0.29) is 23.3 Å². The lowest BCUT2D eigenvalue weighted by molar-refractivity contribution is -0.387. The van der Waals surface area contributed by atoms with Crippen molar-refractivity contribution in [2.24, 2.45) is 5.92 Å². The molecule has 2 heterocycles. The SMILES string of the molecule is O=C(c1ccc(F)c([N+](=O)[O-])c1)N1CCC(C(=O)N2CCCCCC2)CC1. The van der Waals surface area contributed by atoms with E-state index in [1.807, 2.05) is 4.90 Å². The molecule has 7 nitrogen and oxygen atoms in total. The summed E-state index contributed by atoms with van der Waals surface area (Å²) >= 11 is 0. The van der Waals surface area contributed by atoms with E-state index < -0.39 is 16.4 Å². The van der Waals surface area contributed by atoms with Gasteiger partial charge in [0.2, 0.25) is 11.7 Å². The second-order valence-corrected chi connectivity index (χ2v) is 7.23. The number of rotatable bonds is 3. The molecule has 0 aromatic heterocycles. The molecular formula is C19H24FN3O4. The van der Waals surface area contributed by atoms with E-state index >= 15 is 0 Å². The van der Waals surface area contributed by atoms with Crippen LogP contribution in [-0.2, 0) is 4.79 Å². The smallest absolute Gasteiger partial charge is 0.305 e. The summed E-state index contributed by atoms with van der Waals surface area (Å²) in [5.41, 5.74) is -0.604. The van der Waals surface area contributed by atoms with Gasteiger partial charge in [0.15, 0.2) is 0 Å². The molecule has 3 rings (SSSR count). The number of benzene rings is 1. The molecule has 1 aromatic carbocycles. The third kappa shape index (κ3) is 4.43. The first-order chi connectivity index (χ1) is 13.0. The van der Waals surface area contributed by atoms with E-state index in [0.717, 1.165) is 38.1 Å². The van der Waals surface area contributed by atoms with Crippen molar-refractivity contribution in [1.29, 1.82) is 0 Å². The summed E-state index contributed by atoms with van der Waals surface area (Å²) in [6.45, 7) is 2.48. The summed E-state index contributed by atoms with van der Waals surface area (Å²) in [4.78, 5) is 38.9. The zero-order valence-electron chi connectivity index (χ0n) is 15.2. The van der Waals surface area contributed by atoms with Crippen LogP contribution in [-0.4, -0.2) is 52.7 Å². The van der Waals surface area contributed by atoms with Crippen LogP contribution < -0.4 is 0 Å². The Labute approximate surface area is 157 Å². The molecule has 0 aliphatic carbocycles. The van der Waals surface area contributed by atoms with Crippen LogP contribution in [0.2, 0.25) is 0 Å². The number of carbonyl (C=O) groups is 2. The van der Waals surface area contributed by atoms with Crippen molar-refractivity contribution in [3.05, 3.63) is 39.7 Å². The summed E-state index contributed by atoms with van der Waals surface area (Å²) in [5.74, 6) is -1.21. The summed E-state index contributed by atoms with van der Waals surface area (Å²) in [6, 6.07) is 3.19. The number of nitro benzene ring substituents is 1. The summed E-state index contributed by atoms with van der Waals surface area (Å²) in [5, 5.41) is 10.9. The first kappa shape index (κ1) is 19.3. The van der Waals surface area contributed by atoms with E-state index in [4.69, 9.17) is 0 Å². The van der Waals surface area contributed by atoms with Gasteiger partial charge in [-0.3, -0.25) is 19.7 Å². The normalized spacial score (nSPS) is 18.9. The fourth-order valence-corrected chi connectivity index (χ4v) is 3.85. The zero-order valence-corrected chi connectivity index (χ0v) is 15.2. The highest BCUT2D eigenvalue weighted by molar-refractivity contribution is 5.95. The Morgan fingerprint density at radius 3 is 2.22 bits per heavy atom. The van der Waals surface area contributed by atoms with Crippen molar-refractivity contribution in [3.8, 4) is 0 Å². The molecule has 146 valence electrons. The number of halogens is 1. The van der Waals surface area contributed by atoms with Crippen LogP contribution in [0.3, 0.4) is 0 Å². The van der Waals surface area contributed by atoms with Crippen molar-refractivity contribution in [2.75, 3.05) is 26.2 Å². The van der Waals surface area contributed by atoms with Gasteiger partial charge in [0.1, 0.15) is 0 Å². The monoisotopic (exact) mass is 377 g/mol. The van der Waals surface area contributed by atoms with Crippen LogP contribution in [0.25, 0.3) is 0 Å². The molecule has 0 radical (unpaired) electrons. The van der Waals surface area contributed by atoms with Gasteiger partial charge in [-0.2, -0.15) is 4.39 Å². The summed E-state index contributed by atoms with van der Waals surface area (Å²) in [7, 11) is 0. The Kier molecular flexibility index (Phi) is 6.03. The quantitative estimate of drug-likeness (QED) is 0.599. The van der Waals surface area contributed by atoms with Crippen LogP contribution in [0, 0.1) is 21.8 Å². The first-order valence-corrected chi connectivity index (χ1v) is 9.49. The molecular weight excluding hydrogens is 353 g/mol. The number of carbonyl (C=O) groups excluding carboxylic acids is 2. The molecule has 2 fully saturated rings. The predicted octanol–water partition coefficient (Wildman–Crippen LogP) is 2.99. The number of nitro groups is 1. The molecule has 2 amide bonds. The third-order valence-electron chi connectivity index (χ3n) is 5.44. The number of hydrogen-bond donors (Lipinski definition) is 0. The average molecular weight is 377 g/mol. The van der Waals surface area contributed by atoms with Gasteiger partial charge in [0.05, 0.1) is 4.92 Å². The van der Waals surface area contributed by atoms with E-state index in [0.29, 0.717) is 25.9 Å². The highest BCUT2D eigenvalue weighted by Gasteiger charge is 2.31. The molecule has 27 heavy (non-hydrogen) atoms. The molecule has 2 saturated heterocycles. The number of piperidine rings is 1. The summed E-state index contributed by atoms with van der Waals surface area (Å²) < 4.78 is 13.5. The van der Waals surface area contributed by atoms with Crippen LogP contribution in [0.4, 0.5) is 10.1 Å². The number of hydrogen-bond acceptors (Lipinski definition) is 4. The number of likely N-dealkylation sites (tertiary alicyclic amines) is 2. The minimum Gasteiger partial charge on any atom is -0.342 e. The van der Waals surface area contributed by atoms with E-state index in [9.17, 15) is 24.1 Å². The van der Waals surface area contributed by atoms with Crippen molar-refractivity contribution in [2.45, 2.75) is 38.5 Å². The summed E-state index contributed by atoms with van der Waals surface area (Å²) in [6.07, 6.45) is 5.61. The van der Waals surface area contributed by atoms with Gasteiger partial charge >= 0.3 is 5.69 Å². The fourth-order valence-electron chi connectivity index (χ4n) is 3.85. The molecule has 2 aliphatic rings. The molecule has 0 unspecified atom stereocenters. The van der Waals surface area contributed by atoms with Gasteiger partial charge in [-0.15, -0.1) is 0 Å². The predicted molar refractivity (Wildman–Crippen MR) is 96.7 cm³/mol. The topological polar surface area (TPSA) is 83.8 Å². The Morgan fingerprint density at radius 2 is 1.63 bits per heavy atom. The maximum atomic E-state index is 13.5. The van der Waals surface area contributed by atoms with Gasteiger partial charge in [-0.1, -0.05) is 12.8 Å². The molecule has 2 aliphatic heterocycles. The van der Waals surface area contributed by atoms with Gasteiger partial charge in [-0.25, -0.2) is 0 Å². The Hall–Kier alpha value is -2.51. The Bertz CT molecular complexity index is 724. The average Bonchev–Trinajstić information content (AvgIpc) is 2.96. The van der Waals surface area contributed by atoms with E-state index in [2.05, 4.69) is 0 Å². The molecule has 0 spiro atoms. The van der Waals surface area contributed by atoms with Crippen LogP contribution in [0.1, 0.15) is 48.9 Å². The third-order valence-corrected chi connectivity index (χ3v) is 5.44. The molecule has 0 atom stereocenters. The lowest BCUT2D eigenvalue weighted by Gasteiger charge is -2.34. The highest BCUT2D eigenvalue weighted by Crippen LogP contribution is 2.24. The Morgan fingerprint density at radius 1 is 1.00 bits per heavy atom. The minimum absolute atomic E-state index is 0.0743. The number of amides is 2. The lowest BCUT2D eigenvalue weighted by Crippen LogP contribution is -2.44. The van der Waals surface area contributed by atoms with Crippen LogP contribution in [0.15, 0.2) is 18.2 Å². The molecule has 8 heteroatoms. The van der Waals surface area contributed by atoms with Crippen molar-refractivity contribution < 1.29 is 18.9 Å². The van der Waals surface area contributed by atoms with Gasteiger partial charge in [0, 0.05) is 43.7 Å². The van der Waals surface area contributed by atoms with Crippen molar-refractivity contribution in [1.82, 2.24) is 9.80 Å². The van der Waals surface area contributed by atoms with E-state index in [1.54, 1.807) is 4.90 Å². The largest absolute Gasteiger partial charge is 0.342 e. The molecule has 0 saturated carbocycles. The molecule has 1 aromatic rings.